The topological polar surface area (TPSA) is 77.3 Å². The van der Waals surface area contributed by atoms with Crippen LogP contribution in [0, 0.1) is 16.0 Å². The van der Waals surface area contributed by atoms with Gasteiger partial charge in [-0.1, -0.05) is 0 Å². The van der Waals surface area contributed by atoms with Gasteiger partial charge in [0.05, 0.1) is 21.7 Å². The second-order valence-electron chi connectivity index (χ2n) is 5.22. The van der Waals surface area contributed by atoms with E-state index in [0.29, 0.717) is 23.8 Å². The molecule has 0 saturated carbocycles. The predicted molar refractivity (Wildman–Crippen MR) is 82.0 cm³/mol. The average molecular weight is 307 g/mol. The van der Waals surface area contributed by atoms with E-state index >= 15 is 0 Å². The third-order valence-corrected chi connectivity index (χ3v) is 4.60. The highest BCUT2D eigenvalue weighted by atomic mass is 32.1. The molecular weight excluding hydrogens is 290 g/mol. The summed E-state index contributed by atoms with van der Waals surface area (Å²) in [7, 11) is 0. The molecule has 1 fully saturated rings. The van der Waals surface area contributed by atoms with E-state index in [0.717, 1.165) is 24.2 Å². The number of nitro groups is 1. The summed E-state index contributed by atoms with van der Waals surface area (Å²) in [6.07, 6.45) is 3.30. The Balaban J connectivity index is 1.71. The van der Waals surface area contributed by atoms with Crippen LogP contribution in [0.4, 0.5) is 5.69 Å². The van der Waals surface area contributed by atoms with Gasteiger partial charge in [-0.3, -0.25) is 10.1 Å². The van der Waals surface area contributed by atoms with Gasteiger partial charge < -0.3 is 10.1 Å². The van der Waals surface area contributed by atoms with Crippen LogP contribution in [-0.4, -0.2) is 29.6 Å². The summed E-state index contributed by atoms with van der Waals surface area (Å²) in [4.78, 5) is 15.0. The van der Waals surface area contributed by atoms with Crippen LogP contribution in [0.1, 0.15) is 19.3 Å². The summed E-state index contributed by atoms with van der Waals surface area (Å²) in [6, 6.07) is 3.51. The molecule has 2 heterocycles. The molecule has 1 aromatic heterocycles. The number of nitrogens with one attached hydrogen (secondary N) is 1. The van der Waals surface area contributed by atoms with Crippen LogP contribution in [0.5, 0.6) is 5.75 Å². The van der Waals surface area contributed by atoms with E-state index in [2.05, 4.69) is 10.3 Å². The Bertz CT molecular complexity index is 637. The molecule has 1 aliphatic rings. The molecule has 1 aliphatic heterocycles. The van der Waals surface area contributed by atoms with Crippen molar-refractivity contribution in [3.8, 4) is 5.75 Å². The molecule has 0 radical (unpaired) electrons. The Hall–Kier alpha value is -1.73. The van der Waals surface area contributed by atoms with Gasteiger partial charge >= 0.3 is 5.69 Å². The molecule has 3 rings (SSSR count). The molecule has 0 spiro atoms. The van der Waals surface area contributed by atoms with Crippen molar-refractivity contribution in [2.24, 2.45) is 5.92 Å². The number of benzene rings is 1. The van der Waals surface area contributed by atoms with Crippen LogP contribution in [0.3, 0.4) is 0 Å². The zero-order chi connectivity index (χ0) is 14.7. The van der Waals surface area contributed by atoms with Crippen LogP contribution in [-0.2, 0) is 0 Å². The van der Waals surface area contributed by atoms with Gasteiger partial charge in [0.1, 0.15) is 0 Å². The molecule has 0 bridgehead atoms. The molecular formula is C14H17N3O3S. The van der Waals surface area contributed by atoms with Gasteiger partial charge in [0.2, 0.25) is 0 Å². The molecule has 1 saturated heterocycles. The second kappa shape index (κ2) is 6.36. The summed E-state index contributed by atoms with van der Waals surface area (Å²) in [5, 5.41) is 14.6. The number of thiazole rings is 1. The molecule has 6 nitrogen and oxygen atoms in total. The molecule has 21 heavy (non-hydrogen) atoms. The molecule has 1 N–H and O–H groups in total. The molecule has 1 unspecified atom stereocenters. The highest BCUT2D eigenvalue weighted by molar-refractivity contribution is 7.16. The number of nitrogens with zero attached hydrogens (tertiary/aromatic N) is 2. The smallest absolute Gasteiger partial charge is 0.337 e. The number of hydrogen-bond acceptors (Lipinski definition) is 6. The van der Waals surface area contributed by atoms with Gasteiger partial charge in [0.25, 0.3) is 0 Å². The first kappa shape index (κ1) is 14.2. The van der Waals surface area contributed by atoms with Crippen LogP contribution < -0.4 is 10.1 Å². The normalized spacial score (nSPS) is 18.8. The Morgan fingerprint density at radius 2 is 2.43 bits per heavy atom. The highest BCUT2D eigenvalue weighted by Crippen LogP contribution is 2.36. The van der Waals surface area contributed by atoms with Crippen LogP contribution in [0.2, 0.25) is 0 Å². The maximum atomic E-state index is 11.3. The summed E-state index contributed by atoms with van der Waals surface area (Å²) in [5.74, 6) is 0.919. The summed E-state index contributed by atoms with van der Waals surface area (Å²) in [6.45, 7) is 2.60. The monoisotopic (exact) mass is 307 g/mol. The number of fused-ring (bicyclic) bond motifs is 1. The fourth-order valence-electron chi connectivity index (χ4n) is 2.70. The average Bonchev–Trinajstić information content (AvgIpc) is 2.96. The molecule has 7 heteroatoms. The molecule has 1 atom stereocenters. The Labute approximate surface area is 126 Å². The lowest BCUT2D eigenvalue weighted by atomic mass is 9.97. The first-order chi connectivity index (χ1) is 10.3. The van der Waals surface area contributed by atoms with E-state index in [1.807, 2.05) is 6.07 Å². The minimum Gasteiger partial charge on any atom is -0.487 e. The maximum Gasteiger partial charge on any atom is 0.337 e. The summed E-state index contributed by atoms with van der Waals surface area (Å²) < 4.78 is 6.48. The van der Waals surface area contributed by atoms with E-state index in [9.17, 15) is 10.1 Å². The maximum absolute atomic E-state index is 11.3. The van der Waals surface area contributed by atoms with Crippen LogP contribution in [0.15, 0.2) is 17.6 Å². The summed E-state index contributed by atoms with van der Waals surface area (Å²) in [5.41, 5.74) is 2.02. The molecule has 0 aliphatic carbocycles. The molecule has 0 amide bonds. The van der Waals surface area contributed by atoms with Crippen LogP contribution >= 0.6 is 11.3 Å². The Kier molecular flexibility index (Phi) is 4.31. The van der Waals surface area contributed by atoms with Crippen molar-refractivity contribution in [1.82, 2.24) is 10.3 Å². The van der Waals surface area contributed by atoms with Crippen molar-refractivity contribution in [2.45, 2.75) is 19.3 Å². The quantitative estimate of drug-likeness (QED) is 0.678. The first-order valence-corrected chi connectivity index (χ1v) is 7.98. The van der Waals surface area contributed by atoms with Gasteiger partial charge in [-0.2, -0.15) is 0 Å². The van der Waals surface area contributed by atoms with E-state index < -0.39 is 4.92 Å². The SMILES string of the molecule is O=[N+]([O-])c1c(OCCC2CCCNC2)ccc2scnc12. The zero-order valence-electron chi connectivity index (χ0n) is 11.6. The molecule has 112 valence electrons. The lowest BCUT2D eigenvalue weighted by Gasteiger charge is -2.22. The standard InChI is InChI=1S/C14H17N3O3S/c18-17(19)14-11(3-4-12-13(14)16-9-21-12)20-7-5-10-2-1-6-15-8-10/h3-4,9-10,15H,1-2,5-8H2. The third kappa shape index (κ3) is 3.14. The minimum absolute atomic E-state index is 0.0180. The second-order valence-corrected chi connectivity index (χ2v) is 6.10. The van der Waals surface area contributed by atoms with E-state index in [1.165, 1.54) is 24.2 Å². The van der Waals surface area contributed by atoms with E-state index in [4.69, 9.17) is 4.74 Å². The fraction of sp³-hybridized carbons (Fsp3) is 0.500. The van der Waals surface area contributed by atoms with Crippen molar-refractivity contribution in [1.29, 1.82) is 0 Å². The first-order valence-electron chi connectivity index (χ1n) is 7.10. The van der Waals surface area contributed by atoms with Crippen molar-refractivity contribution < 1.29 is 9.66 Å². The van der Waals surface area contributed by atoms with Gasteiger partial charge in [-0.15, -0.1) is 11.3 Å². The Morgan fingerprint density at radius 3 is 3.19 bits per heavy atom. The van der Waals surface area contributed by atoms with Crippen LogP contribution in [0.25, 0.3) is 10.2 Å². The molecule has 2 aromatic rings. The van der Waals surface area contributed by atoms with Gasteiger partial charge in [0, 0.05) is 0 Å². The van der Waals surface area contributed by atoms with Gasteiger partial charge in [-0.05, 0) is 50.4 Å². The van der Waals surface area contributed by atoms with Crippen molar-refractivity contribution in [3.05, 3.63) is 27.8 Å². The van der Waals surface area contributed by atoms with Crippen molar-refractivity contribution >= 4 is 27.2 Å². The third-order valence-electron chi connectivity index (χ3n) is 3.80. The number of rotatable bonds is 5. The lowest BCUT2D eigenvalue weighted by molar-refractivity contribution is -0.384. The fourth-order valence-corrected chi connectivity index (χ4v) is 3.38. The van der Waals surface area contributed by atoms with Gasteiger partial charge in [0.15, 0.2) is 11.3 Å². The number of piperidine rings is 1. The summed E-state index contributed by atoms with van der Waals surface area (Å²) >= 11 is 1.39. The lowest BCUT2D eigenvalue weighted by Crippen LogP contribution is -2.30. The highest BCUT2D eigenvalue weighted by Gasteiger charge is 2.22. The number of nitro benzene ring substituents is 1. The largest absolute Gasteiger partial charge is 0.487 e. The van der Waals surface area contributed by atoms with E-state index in [-0.39, 0.29) is 5.69 Å². The number of aromatic nitrogens is 1. The van der Waals surface area contributed by atoms with E-state index in [1.54, 1.807) is 11.6 Å². The zero-order valence-corrected chi connectivity index (χ0v) is 12.4. The Morgan fingerprint density at radius 1 is 1.52 bits per heavy atom. The number of ether oxygens (including phenoxy) is 1. The van der Waals surface area contributed by atoms with Crippen molar-refractivity contribution in [3.63, 3.8) is 0 Å². The van der Waals surface area contributed by atoms with Gasteiger partial charge in [-0.25, -0.2) is 4.98 Å². The molecule has 1 aromatic carbocycles. The predicted octanol–water partition coefficient (Wildman–Crippen LogP) is 2.97. The van der Waals surface area contributed by atoms with Crippen molar-refractivity contribution in [2.75, 3.05) is 19.7 Å². The minimum atomic E-state index is -0.403. The number of hydrogen-bond donors (Lipinski definition) is 1.